The van der Waals surface area contributed by atoms with E-state index in [0.717, 1.165) is 5.57 Å². The summed E-state index contributed by atoms with van der Waals surface area (Å²) in [6, 6.07) is 8.14. The summed E-state index contributed by atoms with van der Waals surface area (Å²) < 4.78 is 5.72. The van der Waals surface area contributed by atoms with Crippen LogP contribution in [0.3, 0.4) is 0 Å². The second-order valence-electron chi connectivity index (χ2n) is 4.89. The number of fused-ring (bicyclic) bond motifs is 1. The SMILES string of the molecule is CC1C=C(c2ccc(Cl)nc2Cl)c2cc(C(=O)O)ccc2O1. The van der Waals surface area contributed by atoms with Gasteiger partial charge in [-0.25, -0.2) is 9.78 Å². The first-order chi connectivity index (χ1) is 10.5. The van der Waals surface area contributed by atoms with E-state index in [-0.39, 0.29) is 16.8 Å². The molecule has 4 nitrogen and oxygen atoms in total. The van der Waals surface area contributed by atoms with E-state index >= 15 is 0 Å². The van der Waals surface area contributed by atoms with E-state index in [1.165, 1.54) is 6.07 Å². The lowest BCUT2D eigenvalue weighted by Crippen LogP contribution is -2.16. The maximum atomic E-state index is 11.2. The number of carboxylic acid groups (broad SMARTS) is 1. The molecule has 2 heterocycles. The monoisotopic (exact) mass is 335 g/mol. The highest BCUT2D eigenvalue weighted by Gasteiger charge is 2.22. The number of halogens is 2. The van der Waals surface area contributed by atoms with Gasteiger partial charge in [0.05, 0.1) is 5.56 Å². The van der Waals surface area contributed by atoms with Gasteiger partial charge in [0.15, 0.2) is 0 Å². The van der Waals surface area contributed by atoms with E-state index in [1.54, 1.807) is 24.3 Å². The number of hydrogen-bond acceptors (Lipinski definition) is 3. The molecule has 1 aliphatic rings. The average Bonchev–Trinajstić information content (AvgIpc) is 2.46. The molecule has 112 valence electrons. The van der Waals surface area contributed by atoms with Crippen LogP contribution in [0.4, 0.5) is 0 Å². The van der Waals surface area contributed by atoms with E-state index in [0.29, 0.717) is 22.0 Å². The molecule has 0 fully saturated rings. The molecule has 1 atom stereocenters. The maximum Gasteiger partial charge on any atom is 0.335 e. The van der Waals surface area contributed by atoms with E-state index in [2.05, 4.69) is 4.98 Å². The first kappa shape index (κ1) is 14.9. The average molecular weight is 336 g/mol. The first-order valence-electron chi connectivity index (χ1n) is 6.54. The van der Waals surface area contributed by atoms with Crippen LogP contribution < -0.4 is 4.74 Å². The molecule has 2 aromatic rings. The molecule has 6 heteroatoms. The summed E-state index contributed by atoms with van der Waals surface area (Å²) in [5.74, 6) is -0.387. The van der Waals surface area contributed by atoms with Crippen molar-refractivity contribution < 1.29 is 14.6 Å². The van der Waals surface area contributed by atoms with Gasteiger partial charge in [0, 0.05) is 11.1 Å². The number of carbonyl (C=O) groups is 1. The van der Waals surface area contributed by atoms with E-state index < -0.39 is 5.97 Å². The van der Waals surface area contributed by atoms with Crippen LogP contribution in [-0.2, 0) is 0 Å². The quantitative estimate of drug-likeness (QED) is 0.831. The molecule has 0 spiro atoms. The predicted octanol–water partition coefficient (Wildman–Crippen LogP) is 4.30. The molecule has 0 saturated carbocycles. The Bertz CT molecular complexity index is 802. The van der Waals surface area contributed by atoms with Gasteiger partial charge in [0.1, 0.15) is 22.2 Å². The summed E-state index contributed by atoms with van der Waals surface area (Å²) in [6.07, 6.45) is 1.72. The van der Waals surface area contributed by atoms with Crippen LogP contribution in [0.1, 0.15) is 28.4 Å². The van der Waals surface area contributed by atoms with Gasteiger partial charge >= 0.3 is 5.97 Å². The summed E-state index contributed by atoms with van der Waals surface area (Å²) in [7, 11) is 0. The minimum atomic E-state index is -0.999. The Balaban J connectivity index is 2.19. The molecule has 1 aliphatic heterocycles. The number of aromatic nitrogens is 1. The van der Waals surface area contributed by atoms with Gasteiger partial charge in [-0.05, 0) is 48.9 Å². The number of nitrogens with zero attached hydrogens (tertiary/aromatic N) is 1. The van der Waals surface area contributed by atoms with Crippen molar-refractivity contribution in [3.8, 4) is 5.75 Å². The number of carboxylic acids is 1. The normalized spacial score (nSPS) is 16.5. The van der Waals surface area contributed by atoms with Crippen LogP contribution in [0, 0.1) is 0 Å². The summed E-state index contributed by atoms with van der Waals surface area (Å²) in [5, 5.41) is 9.73. The number of aromatic carboxylic acids is 1. The number of hydrogen-bond donors (Lipinski definition) is 1. The minimum absolute atomic E-state index is 0.162. The molecule has 22 heavy (non-hydrogen) atoms. The summed E-state index contributed by atoms with van der Waals surface area (Å²) in [5.41, 5.74) is 2.32. The third-order valence-electron chi connectivity index (χ3n) is 3.34. The van der Waals surface area contributed by atoms with Crippen LogP contribution in [0.2, 0.25) is 10.3 Å². The highest BCUT2D eigenvalue weighted by molar-refractivity contribution is 6.33. The molecule has 0 radical (unpaired) electrons. The lowest BCUT2D eigenvalue weighted by molar-refractivity contribution is 0.0697. The Morgan fingerprint density at radius 1 is 1.23 bits per heavy atom. The molecule has 1 N–H and O–H groups in total. The molecule has 0 saturated heterocycles. The fourth-order valence-corrected chi connectivity index (χ4v) is 2.83. The van der Waals surface area contributed by atoms with Crippen molar-refractivity contribution in [3.05, 3.63) is 63.4 Å². The molecule has 1 aromatic carbocycles. The fourth-order valence-electron chi connectivity index (χ4n) is 2.38. The molecule has 0 bridgehead atoms. The lowest BCUT2D eigenvalue weighted by atomic mass is 9.93. The maximum absolute atomic E-state index is 11.2. The zero-order valence-electron chi connectivity index (χ0n) is 11.5. The van der Waals surface area contributed by atoms with E-state index in [9.17, 15) is 9.90 Å². The highest BCUT2D eigenvalue weighted by atomic mass is 35.5. The Labute approximate surface area is 137 Å². The second kappa shape index (κ2) is 5.63. The van der Waals surface area contributed by atoms with Crippen molar-refractivity contribution in [2.24, 2.45) is 0 Å². The second-order valence-corrected chi connectivity index (χ2v) is 5.64. The number of benzene rings is 1. The molecule has 0 aliphatic carbocycles. The minimum Gasteiger partial charge on any atom is -0.486 e. The van der Waals surface area contributed by atoms with E-state index in [1.807, 2.05) is 13.0 Å². The van der Waals surface area contributed by atoms with Gasteiger partial charge in [-0.1, -0.05) is 23.2 Å². The summed E-state index contributed by atoms with van der Waals surface area (Å²) >= 11 is 12.0. The van der Waals surface area contributed by atoms with Crippen molar-refractivity contribution in [1.82, 2.24) is 4.98 Å². The van der Waals surface area contributed by atoms with Crippen molar-refractivity contribution in [3.63, 3.8) is 0 Å². The van der Waals surface area contributed by atoms with Crippen LogP contribution in [-0.4, -0.2) is 22.2 Å². The first-order valence-corrected chi connectivity index (χ1v) is 7.30. The van der Waals surface area contributed by atoms with Crippen molar-refractivity contribution in [2.75, 3.05) is 0 Å². The van der Waals surface area contributed by atoms with Crippen molar-refractivity contribution in [1.29, 1.82) is 0 Å². The molecular weight excluding hydrogens is 325 g/mol. The zero-order valence-corrected chi connectivity index (χ0v) is 13.0. The van der Waals surface area contributed by atoms with Gasteiger partial charge < -0.3 is 9.84 Å². The van der Waals surface area contributed by atoms with Crippen LogP contribution in [0.5, 0.6) is 5.75 Å². The van der Waals surface area contributed by atoms with E-state index in [4.69, 9.17) is 27.9 Å². The van der Waals surface area contributed by atoms with Gasteiger partial charge in [-0.3, -0.25) is 0 Å². The molecule has 0 amide bonds. The topological polar surface area (TPSA) is 59.4 Å². The smallest absolute Gasteiger partial charge is 0.335 e. The Morgan fingerprint density at radius 2 is 2.00 bits per heavy atom. The number of rotatable bonds is 2. The summed E-state index contributed by atoms with van der Waals surface area (Å²) in [6.45, 7) is 1.89. The van der Waals surface area contributed by atoms with Gasteiger partial charge in [-0.2, -0.15) is 0 Å². The third kappa shape index (κ3) is 2.67. The van der Waals surface area contributed by atoms with Gasteiger partial charge in [-0.15, -0.1) is 0 Å². The highest BCUT2D eigenvalue weighted by Crippen LogP contribution is 2.38. The van der Waals surface area contributed by atoms with Gasteiger partial charge in [0.25, 0.3) is 0 Å². The molecular formula is C16H11Cl2NO3. The Hall–Kier alpha value is -2.04. The van der Waals surface area contributed by atoms with Crippen LogP contribution in [0.25, 0.3) is 5.57 Å². The van der Waals surface area contributed by atoms with Crippen molar-refractivity contribution in [2.45, 2.75) is 13.0 Å². The van der Waals surface area contributed by atoms with Crippen LogP contribution in [0.15, 0.2) is 36.4 Å². The fraction of sp³-hybridized carbons (Fsp3) is 0.125. The summed E-state index contributed by atoms with van der Waals surface area (Å²) in [4.78, 5) is 15.2. The Kier molecular flexibility index (Phi) is 3.81. The largest absolute Gasteiger partial charge is 0.486 e. The molecule has 1 unspecified atom stereocenters. The third-order valence-corrected chi connectivity index (χ3v) is 3.83. The molecule has 1 aromatic heterocycles. The van der Waals surface area contributed by atoms with Crippen molar-refractivity contribution >= 4 is 34.7 Å². The zero-order chi connectivity index (χ0) is 15.9. The number of pyridine rings is 1. The van der Waals surface area contributed by atoms with Gasteiger partial charge in [0.2, 0.25) is 0 Å². The van der Waals surface area contributed by atoms with Crippen LogP contribution >= 0.6 is 23.2 Å². The Morgan fingerprint density at radius 3 is 2.68 bits per heavy atom. The number of ether oxygens (including phenoxy) is 1. The molecule has 3 rings (SSSR count). The lowest BCUT2D eigenvalue weighted by Gasteiger charge is -2.24. The standard InChI is InChI=1S/C16H11Cl2NO3/c1-8-6-11(10-3-5-14(17)19-15(10)18)12-7-9(16(20)21)2-4-13(12)22-8/h2-8H,1H3,(H,20,21). The predicted molar refractivity (Wildman–Crippen MR) is 84.8 cm³/mol.